The number of rotatable bonds is 4. The van der Waals surface area contributed by atoms with Gasteiger partial charge in [-0.3, -0.25) is 4.79 Å². The lowest BCUT2D eigenvalue weighted by molar-refractivity contribution is 0.0699. The van der Waals surface area contributed by atoms with Crippen LogP contribution in [-0.4, -0.2) is 27.1 Å². The van der Waals surface area contributed by atoms with Gasteiger partial charge in [-0.05, 0) is 24.6 Å². The Kier molecular flexibility index (Phi) is 4.96. The van der Waals surface area contributed by atoms with E-state index in [4.69, 9.17) is 0 Å². The molecule has 0 saturated heterocycles. The van der Waals surface area contributed by atoms with Crippen molar-refractivity contribution in [1.29, 1.82) is 0 Å². The van der Waals surface area contributed by atoms with Crippen LogP contribution in [0.4, 0.5) is 13.8 Å². The number of thiazole rings is 1. The van der Waals surface area contributed by atoms with Crippen molar-refractivity contribution in [3.8, 4) is 16.9 Å². The molecule has 0 radical (unpaired) electrons. The summed E-state index contributed by atoms with van der Waals surface area (Å²) in [6, 6.07) is 7.32. The van der Waals surface area contributed by atoms with E-state index in [-0.39, 0.29) is 38.0 Å². The molecule has 2 aromatic heterocycles. The van der Waals surface area contributed by atoms with Gasteiger partial charge in [0.15, 0.2) is 16.6 Å². The van der Waals surface area contributed by atoms with Crippen molar-refractivity contribution in [1.82, 2.24) is 4.98 Å². The van der Waals surface area contributed by atoms with E-state index in [1.807, 2.05) is 0 Å². The second-order valence-corrected chi connectivity index (χ2v) is 8.19. The molecule has 0 saturated carbocycles. The van der Waals surface area contributed by atoms with Crippen molar-refractivity contribution in [2.24, 2.45) is 0 Å². The van der Waals surface area contributed by atoms with Crippen molar-refractivity contribution in [3.63, 3.8) is 0 Å². The van der Waals surface area contributed by atoms with Crippen LogP contribution in [0.3, 0.4) is 0 Å². The third-order valence-electron chi connectivity index (χ3n) is 4.39. The van der Waals surface area contributed by atoms with Crippen molar-refractivity contribution in [2.45, 2.75) is 6.92 Å². The zero-order chi connectivity index (χ0) is 21.6. The van der Waals surface area contributed by atoms with Crippen LogP contribution in [0.15, 0.2) is 35.7 Å². The predicted octanol–water partition coefficient (Wildman–Crippen LogP) is 5.27. The van der Waals surface area contributed by atoms with Crippen LogP contribution in [0, 0.1) is 18.6 Å². The Morgan fingerprint density at radius 1 is 1.10 bits per heavy atom. The molecular formula is C20H12F2N2O4S2. The lowest BCUT2D eigenvalue weighted by Crippen LogP contribution is -2.13. The molecular weight excluding hydrogens is 434 g/mol. The summed E-state index contributed by atoms with van der Waals surface area (Å²) in [6.07, 6.45) is 0. The Morgan fingerprint density at radius 2 is 1.87 bits per heavy atom. The summed E-state index contributed by atoms with van der Waals surface area (Å²) in [5.41, 5.74) is -0.0820. The molecule has 0 fully saturated rings. The van der Waals surface area contributed by atoms with Crippen LogP contribution in [-0.2, 0) is 0 Å². The van der Waals surface area contributed by atoms with E-state index >= 15 is 0 Å². The van der Waals surface area contributed by atoms with E-state index in [0.29, 0.717) is 10.2 Å². The first-order chi connectivity index (χ1) is 14.3. The first-order valence-electron chi connectivity index (χ1n) is 8.47. The summed E-state index contributed by atoms with van der Waals surface area (Å²) in [5.74, 6) is -4.32. The second-order valence-electron chi connectivity index (χ2n) is 6.32. The molecule has 0 aliphatic carbocycles. The molecule has 0 atom stereocenters. The van der Waals surface area contributed by atoms with Gasteiger partial charge in [-0.15, -0.1) is 22.7 Å². The number of nitrogens with zero attached hydrogens (tertiary/aromatic N) is 1. The third-order valence-corrected chi connectivity index (χ3v) is 6.37. The number of phenols is 1. The van der Waals surface area contributed by atoms with E-state index in [9.17, 15) is 28.6 Å². The smallest absolute Gasteiger partial charge is 0.339 e. The first kappa shape index (κ1) is 19.9. The van der Waals surface area contributed by atoms with Gasteiger partial charge in [0.2, 0.25) is 0 Å². The number of nitrogens with one attached hydrogen (secondary N) is 1. The zero-order valence-electron chi connectivity index (χ0n) is 15.2. The number of aromatic hydroxyl groups is 1. The highest BCUT2D eigenvalue weighted by Gasteiger charge is 2.25. The minimum absolute atomic E-state index is 0.0188. The largest absolute Gasteiger partial charge is 0.506 e. The molecule has 4 aromatic rings. The summed E-state index contributed by atoms with van der Waals surface area (Å²) in [7, 11) is 0. The summed E-state index contributed by atoms with van der Waals surface area (Å²) in [5, 5.41) is 23.3. The van der Waals surface area contributed by atoms with Gasteiger partial charge >= 0.3 is 5.97 Å². The molecule has 1 amide bonds. The van der Waals surface area contributed by atoms with Gasteiger partial charge in [0.1, 0.15) is 16.3 Å². The predicted molar refractivity (Wildman–Crippen MR) is 111 cm³/mol. The van der Waals surface area contributed by atoms with Gasteiger partial charge in [-0.2, -0.15) is 0 Å². The highest BCUT2D eigenvalue weighted by atomic mass is 32.1. The molecule has 6 nitrogen and oxygen atoms in total. The highest BCUT2D eigenvalue weighted by Crippen LogP contribution is 2.38. The number of carboxylic acid groups (broad SMARTS) is 1. The van der Waals surface area contributed by atoms with Gasteiger partial charge in [0.05, 0.1) is 10.2 Å². The number of fused-ring (bicyclic) bond motifs is 1. The number of thiophene rings is 1. The molecule has 0 unspecified atom stereocenters. The second kappa shape index (κ2) is 7.47. The number of aromatic carboxylic acids is 1. The standard InChI is InChI=1S/C20H12F2N2O4S2/c1-8-5-6-9(15(22)14(8)21)10-7-29-18(13(10)20(27)28)24-17(26)19-23-11-3-2-4-12(25)16(11)30-19/h2-7,25H,1H3,(H,24,26)(H,27,28). The van der Waals surface area contributed by atoms with Crippen molar-refractivity contribution < 1.29 is 28.6 Å². The van der Waals surface area contributed by atoms with E-state index in [2.05, 4.69) is 10.3 Å². The molecule has 0 aliphatic heterocycles. The van der Waals surface area contributed by atoms with E-state index in [1.165, 1.54) is 30.5 Å². The van der Waals surface area contributed by atoms with Crippen molar-refractivity contribution >= 4 is 49.8 Å². The third kappa shape index (κ3) is 3.29. The number of hydrogen-bond acceptors (Lipinski definition) is 6. The minimum Gasteiger partial charge on any atom is -0.506 e. The molecule has 2 aromatic carbocycles. The summed E-state index contributed by atoms with van der Waals surface area (Å²) in [6.45, 7) is 1.40. The Labute approximate surface area is 176 Å². The number of carbonyl (C=O) groups is 2. The minimum atomic E-state index is -1.40. The molecule has 152 valence electrons. The Hall–Kier alpha value is -3.37. The van der Waals surface area contributed by atoms with Gasteiger partial charge in [0, 0.05) is 16.5 Å². The summed E-state index contributed by atoms with van der Waals surface area (Å²) in [4.78, 5) is 28.6. The van der Waals surface area contributed by atoms with Gasteiger partial charge < -0.3 is 15.5 Å². The number of benzene rings is 2. The number of anilines is 1. The normalized spacial score (nSPS) is 11.0. The number of aromatic nitrogens is 1. The van der Waals surface area contributed by atoms with Crippen molar-refractivity contribution in [2.75, 3.05) is 5.32 Å². The number of hydrogen-bond donors (Lipinski definition) is 3. The molecule has 4 rings (SSSR count). The number of amides is 1. The maximum atomic E-state index is 14.4. The maximum Gasteiger partial charge on any atom is 0.339 e. The van der Waals surface area contributed by atoms with E-state index < -0.39 is 23.5 Å². The monoisotopic (exact) mass is 446 g/mol. The highest BCUT2D eigenvalue weighted by molar-refractivity contribution is 7.21. The van der Waals surface area contributed by atoms with Gasteiger partial charge in [-0.25, -0.2) is 18.6 Å². The quantitative estimate of drug-likeness (QED) is 0.397. The average molecular weight is 446 g/mol. The number of carbonyl (C=O) groups excluding carboxylic acids is 1. The maximum absolute atomic E-state index is 14.4. The lowest BCUT2D eigenvalue weighted by atomic mass is 10.0. The van der Waals surface area contributed by atoms with Crippen LogP contribution in [0.2, 0.25) is 0 Å². The summed E-state index contributed by atoms with van der Waals surface area (Å²) < 4.78 is 28.8. The number of carboxylic acids is 1. The molecule has 0 aliphatic rings. The van der Waals surface area contributed by atoms with Crippen LogP contribution in [0.25, 0.3) is 21.3 Å². The molecule has 30 heavy (non-hydrogen) atoms. The van der Waals surface area contributed by atoms with Gasteiger partial charge in [-0.1, -0.05) is 18.2 Å². The fourth-order valence-corrected chi connectivity index (χ4v) is 4.72. The van der Waals surface area contributed by atoms with E-state index in [1.54, 1.807) is 12.1 Å². The lowest BCUT2D eigenvalue weighted by Gasteiger charge is -2.07. The van der Waals surface area contributed by atoms with Crippen LogP contribution in [0.5, 0.6) is 5.75 Å². The fourth-order valence-electron chi connectivity index (χ4n) is 2.90. The zero-order valence-corrected chi connectivity index (χ0v) is 16.8. The molecule has 0 spiro atoms. The molecule has 3 N–H and O–H groups in total. The van der Waals surface area contributed by atoms with Crippen LogP contribution in [0.1, 0.15) is 25.7 Å². The number of aryl methyl sites for hydroxylation is 1. The molecule has 10 heteroatoms. The molecule has 0 bridgehead atoms. The molecule has 2 heterocycles. The first-order valence-corrected chi connectivity index (χ1v) is 10.2. The number of halogens is 2. The van der Waals surface area contributed by atoms with Gasteiger partial charge in [0.25, 0.3) is 5.91 Å². The average Bonchev–Trinajstić information content (AvgIpc) is 3.31. The Bertz CT molecular complexity index is 1330. The fraction of sp³-hybridized carbons (Fsp3) is 0.0500. The Balaban J connectivity index is 1.73. The Morgan fingerprint density at radius 3 is 2.57 bits per heavy atom. The SMILES string of the molecule is Cc1ccc(-c2csc(NC(=O)c3nc4cccc(O)c4s3)c2C(=O)O)c(F)c1F. The topological polar surface area (TPSA) is 99.5 Å². The van der Waals surface area contributed by atoms with Crippen LogP contribution >= 0.6 is 22.7 Å². The number of phenolic OH excluding ortho intramolecular Hbond substituents is 1. The van der Waals surface area contributed by atoms with E-state index in [0.717, 1.165) is 22.7 Å². The van der Waals surface area contributed by atoms with Crippen LogP contribution < -0.4 is 5.32 Å². The summed E-state index contributed by atoms with van der Waals surface area (Å²) >= 11 is 1.83. The van der Waals surface area contributed by atoms with Crippen molar-refractivity contribution in [3.05, 3.63) is 63.5 Å².